The fraction of sp³-hybridized carbons (Fsp3) is 0.0938. The van der Waals surface area contributed by atoms with Gasteiger partial charge in [-0.15, -0.1) is 0 Å². The molecule has 0 fully saturated rings. The third-order valence-electron chi connectivity index (χ3n) is 7.51. The highest BCUT2D eigenvalue weighted by atomic mass is 14.7. The maximum absolute atomic E-state index is 4.60. The van der Waals surface area contributed by atoms with Crippen LogP contribution >= 0.6 is 0 Å². The molecule has 0 N–H and O–H groups in total. The average Bonchev–Trinajstić information content (AvgIpc) is 3.11. The molecule has 7 rings (SSSR count). The van der Waals surface area contributed by atoms with Crippen LogP contribution in [0.25, 0.3) is 54.7 Å². The van der Waals surface area contributed by atoms with Gasteiger partial charge in [-0.3, -0.25) is 4.98 Å². The maximum Gasteiger partial charge on any atom is 0.0702 e. The topological polar surface area (TPSA) is 12.9 Å². The van der Waals surface area contributed by atoms with Crippen molar-refractivity contribution >= 4 is 32.3 Å². The Kier molecular flexibility index (Phi) is 3.67. The Morgan fingerprint density at radius 1 is 0.576 bits per heavy atom. The van der Waals surface area contributed by atoms with E-state index in [2.05, 4.69) is 110 Å². The largest absolute Gasteiger partial charge is 0.256 e. The van der Waals surface area contributed by atoms with Gasteiger partial charge in [-0.25, -0.2) is 0 Å². The third-order valence-corrected chi connectivity index (χ3v) is 7.51. The van der Waals surface area contributed by atoms with Crippen molar-refractivity contribution in [3.63, 3.8) is 0 Å². The molecule has 0 saturated carbocycles. The Balaban J connectivity index is 1.64. The van der Waals surface area contributed by atoms with Gasteiger partial charge >= 0.3 is 0 Å². The molecule has 1 heteroatoms. The van der Waals surface area contributed by atoms with Gasteiger partial charge < -0.3 is 0 Å². The number of hydrogen-bond acceptors (Lipinski definition) is 1. The Labute approximate surface area is 193 Å². The van der Waals surface area contributed by atoms with Crippen molar-refractivity contribution < 1.29 is 0 Å². The summed E-state index contributed by atoms with van der Waals surface area (Å²) in [5, 5.41) is 8.01. The maximum atomic E-state index is 4.60. The van der Waals surface area contributed by atoms with Crippen molar-refractivity contribution in [2.24, 2.45) is 0 Å². The molecule has 0 spiro atoms. The standard InChI is InChI=1S/C32H23N/c1-32(2)27-17-16-25-23-11-4-3-9-21(23)22-10-5-6-12-24(22)30(25)31(27)26-15-14-20(19-28(26)32)29-13-7-8-18-33-29/h3-19H,1-2H3. The summed E-state index contributed by atoms with van der Waals surface area (Å²) in [4.78, 5) is 4.60. The van der Waals surface area contributed by atoms with Crippen LogP contribution in [0.15, 0.2) is 103 Å². The monoisotopic (exact) mass is 421 g/mol. The molecule has 33 heavy (non-hydrogen) atoms. The molecule has 0 bridgehead atoms. The van der Waals surface area contributed by atoms with E-state index in [-0.39, 0.29) is 5.41 Å². The first-order valence-electron chi connectivity index (χ1n) is 11.6. The molecule has 156 valence electrons. The van der Waals surface area contributed by atoms with Crippen LogP contribution in [-0.4, -0.2) is 4.98 Å². The van der Waals surface area contributed by atoms with E-state index in [1.165, 1.54) is 60.1 Å². The lowest BCUT2D eigenvalue weighted by Crippen LogP contribution is -2.15. The van der Waals surface area contributed by atoms with Gasteiger partial charge in [0, 0.05) is 17.2 Å². The highest BCUT2D eigenvalue weighted by Crippen LogP contribution is 2.54. The molecule has 0 atom stereocenters. The number of hydrogen-bond donors (Lipinski definition) is 0. The van der Waals surface area contributed by atoms with Crippen molar-refractivity contribution in [2.45, 2.75) is 19.3 Å². The molecule has 0 saturated heterocycles. The summed E-state index contributed by atoms with van der Waals surface area (Å²) in [6.45, 7) is 4.71. The lowest BCUT2D eigenvalue weighted by atomic mass is 9.81. The molecule has 1 aromatic heterocycles. The summed E-state index contributed by atoms with van der Waals surface area (Å²) in [5.41, 5.74) is 7.65. The SMILES string of the molecule is CC1(C)c2cc(-c3ccccn3)ccc2-c2c1ccc1c3ccccc3c3ccccc3c21. The Morgan fingerprint density at radius 3 is 1.91 bits per heavy atom. The van der Waals surface area contributed by atoms with Crippen molar-refractivity contribution in [3.8, 4) is 22.4 Å². The van der Waals surface area contributed by atoms with Crippen molar-refractivity contribution in [2.75, 3.05) is 0 Å². The Bertz CT molecular complexity index is 1690. The number of benzene rings is 5. The second-order valence-electron chi connectivity index (χ2n) is 9.60. The predicted molar refractivity (Wildman–Crippen MR) is 140 cm³/mol. The zero-order valence-corrected chi connectivity index (χ0v) is 18.8. The van der Waals surface area contributed by atoms with E-state index < -0.39 is 0 Å². The minimum absolute atomic E-state index is 0.0730. The van der Waals surface area contributed by atoms with Gasteiger partial charge in [-0.2, -0.15) is 0 Å². The van der Waals surface area contributed by atoms with Gasteiger partial charge in [0.25, 0.3) is 0 Å². The van der Waals surface area contributed by atoms with Crippen LogP contribution in [0.4, 0.5) is 0 Å². The molecule has 5 aromatic carbocycles. The van der Waals surface area contributed by atoms with E-state index in [1.54, 1.807) is 0 Å². The summed E-state index contributed by atoms with van der Waals surface area (Å²) >= 11 is 0. The molecule has 1 nitrogen and oxygen atoms in total. The van der Waals surface area contributed by atoms with E-state index in [0.717, 1.165) is 5.69 Å². The number of rotatable bonds is 1. The summed E-state index contributed by atoms with van der Waals surface area (Å²) in [5.74, 6) is 0. The first-order valence-corrected chi connectivity index (χ1v) is 11.6. The first kappa shape index (κ1) is 18.6. The molecular weight excluding hydrogens is 398 g/mol. The van der Waals surface area contributed by atoms with Crippen LogP contribution in [0.5, 0.6) is 0 Å². The Morgan fingerprint density at radius 2 is 1.21 bits per heavy atom. The molecular formula is C32H23N. The van der Waals surface area contributed by atoms with Gasteiger partial charge in [-0.1, -0.05) is 92.7 Å². The molecule has 1 heterocycles. The summed E-state index contributed by atoms with van der Waals surface area (Å²) in [6.07, 6.45) is 1.87. The van der Waals surface area contributed by atoms with Crippen LogP contribution in [0.1, 0.15) is 25.0 Å². The van der Waals surface area contributed by atoms with E-state index in [1.807, 2.05) is 12.3 Å². The van der Waals surface area contributed by atoms with Gasteiger partial charge in [0.05, 0.1) is 5.69 Å². The van der Waals surface area contributed by atoms with E-state index in [0.29, 0.717) is 0 Å². The zero-order chi connectivity index (χ0) is 22.2. The minimum Gasteiger partial charge on any atom is -0.256 e. The summed E-state index contributed by atoms with van der Waals surface area (Å²) < 4.78 is 0. The highest BCUT2D eigenvalue weighted by Gasteiger charge is 2.37. The number of pyridine rings is 1. The number of nitrogens with zero attached hydrogens (tertiary/aromatic N) is 1. The first-order chi connectivity index (χ1) is 16.1. The van der Waals surface area contributed by atoms with Crippen LogP contribution in [0.3, 0.4) is 0 Å². The van der Waals surface area contributed by atoms with Gasteiger partial charge in [-0.05, 0) is 72.8 Å². The second-order valence-corrected chi connectivity index (χ2v) is 9.60. The van der Waals surface area contributed by atoms with Crippen molar-refractivity contribution in [3.05, 3.63) is 114 Å². The van der Waals surface area contributed by atoms with Crippen molar-refractivity contribution in [1.29, 1.82) is 0 Å². The number of fused-ring (bicyclic) bond motifs is 10. The molecule has 0 radical (unpaired) electrons. The van der Waals surface area contributed by atoms with E-state index in [4.69, 9.17) is 0 Å². The summed E-state index contributed by atoms with van der Waals surface area (Å²) in [6, 6.07) is 35.4. The minimum atomic E-state index is -0.0730. The van der Waals surface area contributed by atoms with Gasteiger partial charge in [0.1, 0.15) is 0 Å². The quantitative estimate of drug-likeness (QED) is 0.242. The van der Waals surface area contributed by atoms with Crippen LogP contribution in [0.2, 0.25) is 0 Å². The van der Waals surface area contributed by atoms with Crippen LogP contribution < -0.4 is 0 Å². The van der Waals surface area contributed by atoms with Crippen LogP contribution in [0, 0.1) is 0 Å². The lowest BCUT2D eigenvalue weighted by Gasteiger charge is -2.22. The molecule has 0 amide bonds. The van der Waals surface area contributed by atoms with Crippen LogP contribution in [-0.2, 0) is 5.41 Å². The molecule has 6 aromatic rings. The normalized spacial score (nSPS) is 14.0. The average molecular weight is 422 g/mol. The fourth-order valence-electron chi connectivity index (χ4n) is 5.91. The third kappa shape index (κ3) is 2.45. The van der Waals surface area contributed by atoms with Gasteiger partial charge in [0.15, 0.2) is 0 Å². The van der Waals surface area contributed by atoms with Crippen molar-refractivity contribution in [1.82, 2.24) is 4.98 Å². The Hall–Kier alpha value is -3.97. The van der Waals surface area contributed by atoms with E-state index in [9.17, 15) is 0 Å². The van der Waals surface area contributed by atoms with Gasteiger partial charge in [0.2, 0.25) is 0 Å². The second kappa shape index (κ2) is 6.52. The smallest absolute Gasteiger partial charge is 0.0702 e. The summed E-state index contributed by atoms with van der Waals surface area (Å²) in [7, 11) is 0. The lowest BCUT2D eigenvalue weighted by molar-refractivity contribution is 0.661. The predicted octanol–water partition coefficient (Wildman–Crippen LogP) is 8.51. The molecule has 1 aliphatic rings. The molecule has 1 aliphatic carbocycles. The zero-order valence-electron chi connectivity index (χ0n) is 18.8. The molecule has 0 unspecified atom stereocenters. The fourth-order valence-corrected chi connectivity index (χ4v) is 5.91. The molecule has 0 aliphatic heterocycles. The number of aromatic nitrogens is 1. The highest BCUT2D eigenvalue weighted by molar-refractivity contribution is 6.29. The van der Waals surface area contributed by atoms with E-state index >= 15 is 0 Å².